The highest BCUT2D eigenvalue weighted by atomic mass is 35.5. The highest BCUT2D eigenvalue weighted by Gasteiger charge is 2.17. The topological polar surface area (TPSA) is 122 Å². The summed E-state index contributed by atoms with van der Waals surface area (Å²) in [6.07, 6.45) is 1.61. The van der Waals surface area contributed by atoms with Crippen LogP contribution in [0, 0.1) is 0 Å². The summed E-state index contributed by atoms with van der Waals surface area (Å²) in [4.78, 5) is 29.3. The molecule has 0 radical (unpaired) electrons. The van der Waals surface area contributed by atoms with E-state index in [1.807, 2.05) is 28.8 Å². The van der Waals surface area contributed by atoms with Crippen molar-refractivity contribution in [2.24, 2.45) is 0 Å². The molecule has 0 fully saturated rings. The van der Waals surface area contributed by atoms with Crippen LogP contribution >= 0.6 is 23.4 Å². The van der Waals surface area contributed by atoms with Crippen molar-refractivity contribution in [1.82, 2.24) is 24.7 Å². The zero-order chi connectivity index (χ0) is 22.8. The minimum Gasteiger partial charge on any atom is -0.467 e. The summed E-state index contributed by atoms with van der Waals surface area (Å²) in [5, 5.41) is 12.7. The lowest BCUT2D eigenvalue weighted by molar-refractivity contribution is -0.113. The number of anilines is 1. The van der Waals surface area contributed by atoms with Crippen LogP contribution in [-0.4, -0.2) is 36.4 Å². The summed E-state index contributed by atoms with van der Waals surface area (Å²) in [6.45, 7) is 0.416. The maximum absolute atomic E-state index is 12.6. The Bertz CT molecular complexity index is 1470. The molecule has 1 amide bonds. The maximum atomic E-state index is 12.6. The number of benzene rings is 2. The molecule has 0 saturated heterocycles. The third-order valence-corrected chi connectivity index (χ3v) is 6.06. The third kappa shape index (κ3) is 4.71. The van der Waals surface area contributed by atoms with E-state index in [1.54, 1.807) is 36.6 Å². The van der Waals surface area contributed by atoms with Gasteiger partial charge in [-0.2, -0.15) is 0 Å². The maximum Gasteiger partial charge on any atom is 0.323 e. The summed E-state index contributed by atoms with van der Waals surface area (Å²) < 4.78 is 7.40. The largest absolute Gasteiger partial charge is 0.467 e. The van der Waals surface area contributed by atoms with Gasteiger partial charge in [-0.25, -0.2) is 4.79 Å². The summed E-state index contributed by atoms with van der Waals surface area (Å²) in [7, 11) is 0. The van der Waals surface area contributed by atoms with Crippen LogP contribution in [0.3, 0.4) is 0 Å². The molecule has 5 aromatic rings. The van der Waals surface area contributed by atoms with E-state index in [-0.39, 0.29) is 17.3 Å². The van der Waals surface area contributed by atoms with Crippen LogP contribution in [0.1, 0.15) is 5.76 Å². The van der Waals surface area contributed by atoms with Gasteiger partial charge in [0.15, 0.2) is 11.0 Å². The van der Waals surface area contributed by atoms with Crippen molar-refractivity contribution in [3.8, 4) is 11.4 Å². The Balaban J connectivity index is 1.34. The van der Waals surface area contributed by atoms with E-state index < -0.39 is 0 Å². The molecule has 166 valence electrons. The van der Waals surface area contributed by atoms with Gasteiger partial charge < -0.3 is 19.7 Å². The second-order valence-corrected chi connectivity index (χ2v) is 8.53. The Morgan fingerprint density at radius 1 is 1.09 bits per heavy atom. The van der Waals surface area contributed by atoms with Crippen LogP contribution in [-0.2, 0) is 11.3 Å². The lowest BCUT2D eigenvalue weighted by Crippen LogP contribution is -2.14. The first-order valence-electron chi connectivity index (χ1n) is 9.91. The standard InChI is InChI=1S/C22H17ClN6O3S/c23-14-5-3-13(4-6-14)20-27-28-22(29(20)11-16-2-1-9-32-16)33-12-19(30)24-15-7-8-17-18(10-15)26-21(31)25-17/h1-10H,11-12H2,(H,24,30)(H2,25,26,31). The molecule has 2 aromatic carbocycles. The predicted molar refractivity (Wildman–Crippen MR) is 127 cm³/mol. The minimum absolute atomic E-state index is 0.124. The molecule has 0 bridgehead atoms. The number of thioether (sulfide) groups is 1. The summed E-state index contributed by atoms with van der Waals surface area (Å²) >= 11 is 7.29. The van der Waals surface area contributed by atoms with Crippen molar-refractivity contribution < 1.29 is 9.21 Å². The number of nitrogens with one attached hydrogen (secondary N) is 3. The molecule has 5 rings (SSSR count). The quantitative estimate of drug-likeness (QED) is 0.301. The van der Waals surface area contributed by atoms with Crippen molar-refractivity contribution in [1.29, 1.82) is 0 Å². The Morgan fingerprint density at radius 3 is 2.70 bits per heavy atom. The van der Waals surface area contributed by atoms with Gasteiger partial charge in [0.2, 0.25) is 5.91 Å². The van der Waals surface area contributed by atoms with Gasteiger partial charge >= 0.3 is 5.69 Å². The van der Waals surface area contributed by atoms with Gasteiger partial charge in [0.05, 0.1) is 29.6 Å². The normalized spacial score (nSPS) is 11.2. The molecule has 0 atom stereocenters. The molecule has 0 spiro atoms. The first-order valence-corrected chi connectivity index (χ1v) is 11.3. The Kier molecular flexibility index (Phi) is 5.76. The summed E-state index contributed by atoms with van der Waals surface area (Å²) in [5.41, 5.74) is 2.44. The molecular formula is C22H17ClN6O3S. The number of rotatable bonds is 7. The number of nitrogens with zero attached hydrogens (tertiary/aromatic N) is 3. The van der Waals surface area contributed by atoms with Crippen LogP contribution in [0.15, 0.2) is 75.2 Å². The van der Waals surface area contributed by atoms with E-state index >= 15 is 0 Å². The van der Waals surface area contributed by atoms with Gasteiger partial charge in [-0.1, -0.05) is 23.4 Å². The SMILES string of the molecule is O=C(CSc1nnc(-c2ccc(Cl)cc2)n1Cc1ccco1)Nc1ccc2[nH]c(=O)[nH]c2c1. The van der Waals surface area contributed by atoms with Crippen molar-refractivity contribution in [3.63, 3.8) is 0 Å². The fraction of sp³-hybridized carbons (Fsp3) is 0.0909. The van der Waals surface area contributed by atoms with E-state index in [4.69, 9.17) is 16.0 Å². The first kappa shape index (κ1) is 21.1. The molecule has 3 heterocycles. The van der Waals surface area contributed by atoms with E-state index in [2.05, 4.69) is 25.5 Å². The van der Waals surface area contributed by atoms with Crippen molar-refractivity contribution in [2.45, 2.75) is 11.7 Å². The number of fused-ring (bicyclic) bond motifs is 1. The Morgan fingerprint density at radius 2 is 1.91 bits per heavy atom. The fourth-order valence-corrected chi connectivity index (χ4v) is 4.21. The van der Waals surface area contributed by atoms with E-state index in [0.717, 1.165) is 11.3 Å². The molecule has 0 saturated carbocycles. The summed E-state index contributed by atoms with van der Waals surface area (Å²) in [6, 6.07) is 16.2. The van der Waals surface area contributed by atoms with Gasteiger partial charge in [0.25, 0.3) is 0 Å². The number of halogens is 1. The van der Waals surface area contributed by atoms with Gasteiger partial charge in [0, 0.05) is 16.3 Å². The molecule has 0 aliphatic carbocycles. The minimum atomic E-state index is -0.295. The molecule has 0 aliphatic heterocycles. The summed E-state index contributed by atoms with van der Waals surface area (Å²) in [5.74, 6) is 1.30. The fourth-order valence-electron chi connectivity index (χ4n) is 3.35. The number of hydrogen-bond acceptors (Lipinski definition) is 6. The molecule has 0 aliphatic rings. The van der Waals surface area contributed by atoms with Crippen molar-refractivity contribution in [2.75, 3.05) is 11.1 Å². The van der Waals surface area contributed by atoms with Gasteiger partial charge in [-0.05, 0) is 54.6 Å². The number of aromatic amines is 2. The number of furan rings is 1. The molecule has 9 nitrogen and oxygen atoms in total. The zero-order valence-corrected chi connectivity index (χ0v) is 18.6. The average molecular weight is 481 g/mol. The molecule has 3 aromatic heterocycles. The first-order chi connectivity index (χ1) is 16.0. The molecule has 3 N–H and O–H groups in total. The highest BCUT2D eigenvalue weighted by molar-refractivity contribution is 7.99. The third-order valence-electron chi connectivity index (χ3n) is 4.85. The number of amides is 1. The smallest absolute Gasteiger partial charge is 0.323 e. The molecule has 0 unspecified atom stereocenters. The lowest BCUT2D eigenvalue weighted by atomic mass is 10.2. The van der Waals surface area contributed by atoms with Crippen LogP contribution < -0.4 is 11.0 Å². The lowest BCUT2D eigenvalue weighted by Gasteiger charge is -2.09. The van der Waals surface area contributed by atoms with Gasteiger partial charge in [-0.15, -0.1) is 10.2 Å². The second kappa shape index (κ2) is 9.00. The van der Waals surface area contributed by atoms with Crippen molar-refractivity contribution in [3.05, 3.63) is 82.1 Å². The van der Waals surface area contributed by atoms with Crippen LogP contribution in [0.5, 0.6) is 0 Å². The molecule has 33 heavy (non-hydrogen) atoms. The predicted octanol–water partition coefficient (Wildman–Crippen LogP) is 4.14. The van der Waals surface area contributed by atoms with Crippen LogP contribution in [0.25, 0.3) is 22.4 Å². The van der Waals surface area contributed by atoms with Crippen molar-refractivity contribution >= 4 is 46.0 Å². The highest BCUT2D eigenvalue weighted by Crippen LogP contribution is 2.26. The van der Waals surface area contributed by atoms with Gasteiger partial charge in [-0.3, -0.25) is 9.36 Å². The number of hydrogen-bond donors (Lipinski definition) is 3. The van der Waals surface area contributed by atoms with Crippen LogP contribution in [0.4, 0.5) is 5.69 Å². The number of carbonyl (C=O) groups is 1. The second-order valence-electron chi connectivity index (χ2n) is 7.15. The van der Waals surface area contributed by atoms with E-state index in [1.165, 1.54) is 11.8 Å². The monoisotopic (exact) mass is 480 g/mol. The average Bonchev–Trinajstić information content (AvgIpc) is 3.53. The molecular weight excluding hydrogens is 464 g/mol. The number of aromatic nitrogens is 5. The number of imidazole rings is 1. The number of H-pyrrole nitrogens is 2. The van der Waals surface area contributed by atoms with Gasteiger partial charge in [0.1, 0.15) is 5.76 Å². The van der Waals surface area contributed by atoms with E-state index in [0.29, 0.717) is 39.3 Å². The Labute approximate surface area is 196 Å². The number of carbonyl (C=O) groups excluding carboxylic acids is 1. The van der Waals surface area contributed by atoms with E-state index in [9.17, 15) is 9.59 Å². The Hall–Kier alpha value is -3.76. The zero-order valence-electron chi connectivity index (χ0n) is 17.0. The molecule has 11 heteroatoms. The van der Waals surface area contributed by atoms with Crippen LogP contribution in [0.2, 0.25) is 5.02 Å².